The van der Waals surface area contributed by atoms with E-state index in [4.69, 9.17) is 14.2 Å². The van der Waals surface area contributed by atoms with Gasteiger partial charge in [0.05, 0.1) is 14.2 Å². The number of nitrogens with one attached hydrogen (secondary N) is 1. The number of hydrogen-bond donors (Lipinski definition) is 1. The second-order valence-electron chi connectivity index (χ2n) is 7.41. The van der Waals surface area contributed by atoms with Crippen LogP contribution in [0.3, 0.4) is 0 Å². The minimum absolute atomic E-state index is 0.00294. The van der Waals surface area contributed by atoms with Crippen molar-refractivity contribution in [3.63, 3.8) is 0 Å². The van der Waals surface area contributed by atoms with Crippen LogP contribution in [0.15, 0.2) is 16.6 Å². The van der Waals surface area contributed by atoms with Gasteiger partial charge in [0.25, 0.3) is 5.91 Å². The van der Waals surface area contributed by atoms with E-state index < -0.39 is 5.60 Å². The van der Waals surface area contributed by atoms with Crippen LogP contribution < -0.4 is 14.8 Å². The van der Waals surface area contributed by atoms with E-state index in [9.17, 15) is 9.59 Å². The first-order chi connectivity index (χ1) is 12.6. The highest BCUT2D eigenvalue weighted by atomic mass is 79.9. The van der Waals surface area contributed by atoms with Gasteiger partial charge in [-0.05, 0) is 61.7 Å². The molecule has 0 radical (unpaired) electrons. The van der Waals surface area contributed by atoms with Gasteiger partial charge in [0, 0.05) is 24.7 Å². The van der Waals surface area contributed by atoms with E-state index in [1.807, 2.05) is 20.8 Å². The summed E-state index contributed by atoms with van der Waals surface area (Å²) in [6.07, 6.45) is 1.04. The van der Waals surface area contributed by atoms with Crippen LogP contribution in [0.2, 0.25) is 0 Å². The number of nitrogens with zero attached hydrogens (tertiary/aromatic N) is 1. The van der Waals surface area contributed by atoms with Gasteiger partial charge in [-0.15, -0.1) is 0 Å². The van der Waals surface area contributed by atoms with E-state index in [0.717, 1.165) is 0 Å². The summed E-state index contributed by atoms with van der Waals surface area (Å²) < 4.78 is 16.6. The van der Waals surface area contributed by atoms with Crippen LogP contribution in [0.4, 0.5) is 4.79 Å². The number of amides is 2. The van der Waals surface area contributed by atoms with Crippen LogP contribution in [0.1, 0.15) is 44.0 Å². The van der Waals surface area contributed by atoms with E-state index in [1.54, 1.807) is 17.0 Å². The summed E-state index contributed by atoms with van der Waals surface area (Å²) in [5.41, 5.74) is -0.0524. The number of benzene rings is 1. The zero-order valence-electron chi connectivity index (χ0n) is 16.4. The minimum atomic E-state index is -0.512. The summed E-state index contributed by atoms with van der Waals surface area (Å²) in [6.45, 7) is 6.63. The smallest absolute Gasteiger partial charge is 0.410 e. The van der Waals surface area contributed by atoms with Crippen LogP contribution in [0, 0.1) is 0 Å². The van der Waals surface area contributed by atoms with Crippen molar-refractivity contribution in [1.29, 1.82) is 0 Å². The fraction of sp³-hybridized carbons (Fsp3) is 0.579. The first-order valence-corrected chi connectivity index (χ1v) is 9.64. The Hall–Kier alpha value is -1.96. The third kappa shape index (κ3) is 5.76. The van der Waals surface area contributed by atoms with Crippen molar-refractivity contribution in [2.24, 2.45) is 0 Å². The van der Waals surface area contributed by atoms with Crippen molar-refractivity contribution < 1.29 is 23.8 Å². The lowest BCUT2D eigenvalue weighted by atomic mass is 10.0. The van der Waals surface area contributed by atoms with Gasteiger partial charge in [0.2, 0.25) is 0 Å². The average molecular weight is 443 g/mol. The molecule has 7 nitrogen and oxygen atoms in total. The molecule has 2 rings (SSSR count). The van der Waals surface area contributed by atoms with Crippen molar-refractivity contribution in [1.82, 2.24) is 10.2 Å². The van der Waals surface area contributed by atoms with Gasteiger partial charge < -0.3 is 24.4 Å². The molecular weight excluding hydrogens is 416 g/mol. The Balaban J connectivity index is 1.96. The number of methoxy groups -OCH3 is 2. The zero-order chi connectivity index (χ0) is 20.2. The van der Waals surface area contributed by atoms with Gasteiger partial charge in [-0.1, -0.05) is 0 Å². The molecule has 1 aromatic rings. The summed E-state index contributed by atoms with van der Waals surface area (Å²) in [7, 11) is 3.07. The van der Waals surface area contributed by atoms with Crippen LogP contribution in [-0.4, -0.2) is 55.9 Å². The normalized spacial score (nSPS) is 15.3. The number of carbonyl (C=O) groups is 2. The Kier molecular flexibility index (Phi) is 6.97. The maximum Gasteiger partial charge on any atom is 0.410 e. The molecule has 0 saturated carbocycles. The van der Waals surface area contributed by atoms with Crippen LogP contribution >= 0.6 is 15.9 Å². The van der Waals surface area contributed by atoms with Crippen LogP contribution in [0.5, 0.6) is 11.5 Å². The Morgan fingerprint density at radius 3 is 2.07 bits per heavy atom. The predicted octanol–water partition coefficient (Wildman–Crippen LogP) is 3.60. The Morgan fingerprint density at radius 2 is 1.63 bits per heavy atom. The molecule has 1 aliphatic heterocycles. The van der Waals surface area contributed by atoms with E-state index in [2.05, 4.69) is 21.2 Å². The fourth-order valence-electron chi connectivity index (χ4n) is 2.80. The molecule has 0 atom stereocenters. The van der Waals surface area contributed by atoms with Crippen molar-refractivity contribution in [2.45, 2.75) is 45.3 Å². The lowest BCUT2D eigenvalue weighted by Gasteiger charge is -2.33. The van der Waals surface area contributed by atoms with Crippen LogP contribution in [0.25, 0.3) is 0 Å². The second-order valence-corrected chi connectivity index (χ2v) is 8.20. The topological polar surface area (TPSA) is 77.1 Å². The Labute approximate surface area is 168 Å². The van der Waals surface area contributed by atoms with Crippen molar-refractivity contribution >= 4 is 27.9 Å². The number of piperidine rings is 1. The van der Waals surface area contributed by atoms with Crippen molar-refractivity contribution in [3.05, 3.63) is 22.2 Å². The zero-order valence-corrected chi connectivity index (χ0v) is 18.0. The molecule has 27 heavy (non-hydrogen) atoms. The van der Waals surface area contributed by atoms with Gasteiger partial charge in [0.15, 0.2) is 0 Å². The fourth-order valence-corrected chi connectivity index (χ4v) is 3.35. The summed E-state index contributed by atoms with van der Waals surface area (Å²) in [5, 5.41) is 3.02. The van der Waals surface area contributed by atoms with E-state index in [0.29, 0.717) is 47.5 Å². The average Bonchev–Trinajstić information content (AvgIpc) is 2.61. The number of carbonyl (C=O) groups excluding carboxylic acids is 2. The van der Waals surface area contributed by atoms with Crippen molar-refractivity contribution in [3.8, 4) is 11.5 Å². The number of hydrogen-bond acceptors (Lipinski definition) is 5. The molecule has 150 valence electrons. The first-order valence-electron chi connectivity index (χ1n) is 8.85. The standard InChI is InChI=1S/C19H27BrN2O5/c1-19(2,3)27-18(24)22-8-6-13(7-9-22)21-17(23)12-10-14(25-4)16(20)15(11-12)26-5/h10-11,13H,6-9H2,1-5H3,(H,21,23). The summed E-state index contributed by atoms with van der Waals surface area (Å²) in [5.74, 6) is 0.855. The van der Waals surface area contributed by atoms with Gasteiger partial charge >= 0.3 is 6.09 Å². The highest BCUT2D eigenvalue weighted by molar-refractivity contribution is 9.10. The quantitative estimate of drug-likeness (QED) is 0.770. The molecule has 0 aliphatic carbocycles. The summed E-state index contributed by atoms with van der Waals surface area (Å²) >= 11 is 3.39. The molecule has 0 unspecified atom stereocenters. The molecule has 0 spiro atoms. The number of ether oxygens (including phenoxy) is 3. The molecule has 1 saturated heterocycles. The van der Waals surface area contributed by atoms with Crippen LogP contribution in [-0.2, 0) is 4.74 Å². The maximum absolute atomic E-state index is 12.6. The molecule has 2 amide bonds. The first kappa shape index (κ1) is 21.3. The third-order valence-corrected chi connectivity index (χ3v) is 4.97. The SMILES string of the molecule is COc1cc(C(=O)NC2CCN(C(=O)OC(C)(C)C)CC2)cc(OC)c1Br. The molecule has 0 aromatic heterocycles. The molecule has 1 N–H and O–H groups in total. The monoisotopic (exact) mass is 442 g/mol. The third-order valence-electron chi connectivity index (χ3n) is 4.19. The molecule has 1 aliphatic rings. The van der Waals surface area contributed by atoms with Gasteiger partial charge in [-0.25, -0.2) is 4.79 Å². The number of halogens is 1. The molecular formula is C19H27BrN2O5. The molecule has 1 fully saturated rings. The summed E-state index contributed by atoms with van der Waals surface area (Å²) in [4.78, 5) is 26.4. The Morgan fingerprint density at radius 1 is 1.11 bits per heavy atom. The predicted molar refractivity (Wildman–Crippen MR) is 106 cm³/mol. The lowest BCUT2D eigenvalue weighted by molar-refractivity contribution is 0.0199. The lowest BCUT2D eigenvalue weighted by Crippen LogP contribution is -2.47. The van der Waals surface area contributed by atoms with Crippen molar-refractivity contribution in [2.75, 3.05) is 27.3 Å². The number of rotatable bonds is 4. The van der Waals surface area contributed by atoms with E-state index >= 15 is 0 Å². The van der Waals surface area contributed by atoms with E-state index in [1.165, 1.54) is 14.2 Å². The minimum Gasteiger partial charge on any atom is -0.495 e. The molecule has 8 heteroatoms. The molecule has 1 aromatic carbocycles. The second kappa shape index (κ2) is 8.82. The van der Waals surface area contributed by atoms with Gasteiger partial charge in [0.1, 0.15) is 21.6 Å². The number of likely N-dealkylation sites (tertiary alicyclic amines) is 1. The van der Waals surface area contributed by atoms with Gasteiger partial charge in [-0.2, -0.15) is 0 Å². The molecule has 1 heterocycles. The highest BCUT2D eigenvalue weighted by Crippen LogP contribution is 2.35. The largest absolute Gasteiger partial charge is 0.495 e. The molecule has 0 bridgehead atoms. The summed E-state index contributed by atoms with van der Waals surface area (Å²) in [6, 6.07) is 3.33. The van der Waals surface area contributed by atoms with Gasteiger partial charge in [-0.3, -0.25) is 4.79 Å². The maximum atomic E-state index is 12.6. The highest BCUT2D eigenvalue weighted by Gasteiger charge is 2.28. The Bertz CT molecular complexity index is 669. The van der Waals surface area contributed by atoms with E-state index in [-0.39, 0.29) is 18.0 Å².